The minimum atomic E-state index is 0.836. The minimum Gasteiger partial charge on any atom is -0.354 e. The minimum absolute atomic E-state index is 0.836. The van der Waals surface area contributed by atoms with Crippen LogP contribution in [0.4, 0.5) is 11.4 Å². The quantitative estimate of drug-likeness (QED) is 0.675. The molecule has 0 amide bonds. The van der Waals surface area contributed by atoms with E-state index in [-0.39, 0.29) is 0 Å². The van der Waals surface area contributed by atoms with Gasteiger partial charge in [-0.15, -0.1) is 0 Å². The first-order valence-electron chi connectivity index (χ1n) is 9.47. The van der Waals surface area contributed by atoms with Crippen LogP contribution in [0.1, 0.15) is 22.3 Å². The van der Waals surface area contributed by atoms with Gasteiger partial charge in [-0.25, -0.2) is 0 Å². The summed E-state index contributed by atoms with van der Waals surface area (Å²) in [6.07, 6.45) is 0.909. The third kappa shape index (κ3) is 4.22. The zero-order valence-electron chi connectivity index (χ0n) is 15.9. The predicted octanol–water partition coefficient (Wildman–Crippen LogP) is 2.64. The second-order valence-electron chi connectivity index (χ2n) is 7.02. The van der Waals surface area contributed by atoms with Crippen LogP contribution in [0.3, 0.4) is 0 Å². The zero-order chi connectivity index (χ0) is 18.6. The van der Waals surface area contributed by atoms with Crippen molar-refractivity contribution in [2.24, 2.45) is 9.98 Å². The summed E-state index contributed by atoms with van der Waals surface area (Å²) in [5.74, 6) is 1.72. The van der Waals surface area contributed by atoms with E-state index in [4.69, 9.17) is 0 Å². The van der Waals surface area contributed by atoms with E-state index in [2.05, 4.69) is 81.5 Å². The standard InChI is InChI=1S/C21H26N6/c1-14-3-5-19(27-21-24-9-10-25-21)13-17(14)12-16-4-6-18(11-15(16)2)26-20-22-7-8-23-20/h3-6,11,13H,7-10,12H2,1-2H3,(H2,22,23,26)(H2,24,25,27). The van der Waals surface area contributed by atoms with E-state index < -0.39 is 0 Å². The van der Waals surface area contributed by atoms with Gasteiger partial charge in [-0.1, -0.05) is 12.1 Å². The Hall–Kier alpha value is -3.02. The monoisotopic (exact) mass is 362 g/mol. The van der Waals surface area contributed by atoms with Gasteiger partial charge < -0.3 is 21.3 Å². The fourth-order valence-corrected chi connectivity index (χ4v) is 3.35. The van der Waals surface area contributed by atoms with E-state index >= 15 is 0 Å². The Labute approximate surface area is 160 Å². The van der Waals surface area contributed by atoms with Gasteiger partial charge in [0, 0.05) is 24.5 Å². The van der Waals surface area contributed by atoms with E-state index in [9.17, 15) is 0 Å². The highest BCUT2D eigenvalue weighted by atomic mass is 15.2. The lowest BCUT2D eigenvalue weighted by molar-refractivity contribution is 0.959. The highest BCUT2D eigenvalue weighted by Gasteiger charge is 2.10. The molecule has 0 unspecified atom stereocenters. The third-order valence-electron chi connectivity index (χ3n) is 4.95. The zero-order valence-corrected chi connectivity index (χ0v) is 15.9. The summed E-state index contributed by atoms with van der Waals surface area (Å²) in [7, 11) is 0. The van der Waals surface area contributed by atoms with Crippen molar-refractivity contribution in [1.29, 1.82) is 0 Å². The second kappa shape index (κ2) is 7.70. The van der Waals surface area contributed by atoms with Gasteiger partial charge in [0.25, 0.3) is 0 Å². The Morgan fingerprint density at radius 3 is 2.00 bits per heavy atom. The maximum absolute atomic E-state index is 4.41. The van der Waals surface area contributed by atoms with Gasteiger partial charge in [0.05, 0.1) is 13.1 Å². The highest BCUT2D eigenvalue weighted by Crippen LogP contribution is 2.23. The number of hydrogen-bond acceptors (Lipinski definition) is 6. The first-order valence-corrected chi connectivity index (χ1v) is 9.47. The van der Waals surface area contributed by atoms with Gasteiger partial charge in [0.1, 0.15) is 0 Å². The van der Waals surface area contributed by atoms with Crippen LogP contribution in [0.2, 0.25) is 0 Å². The molecule has 0 saturated heterocycles. The number of aliphatic imine (C=N–C) groups is 2. The fourth-order valence-electron chi connectivity index (χ4n) is 3.35. The number of benzene rings is 2. The molecular weight excluding hydrogens is 336 g/mol. The molecule has 0 aromatic heterocycles. The molecule has 0 spiro atoms. The van der Waals surface area contributed by atoms with E-state index in [0.717, 1.165) is 55.9 Å². The van der Waals surface area contributed by atoms with Crippen LogP contribution in [-0.2, 0) is 6.42 Å². The van der Waals surface area contributed by atoms with E-state index in [0.29, 0.717) is 0 Å². The van der Waals surface area contributed by atoms with Gasteiger partial charge in [0.2, 0.25) is 0 Å². The first-order chi connectivity index (χ1) is 13.2. The number of aryl methyl sites for hydroxylation is 2. The van der Waals surface area contributed by atoms with Crippen molar-refractivity contribution in [2.75, 3.05) is 36.8 Å². The Morgan fingerprint density at radius 1 is 0.778 bits per heavy atom. The fraction of sp³-hybridized carbons (Fsp3) is 0.333. The van der Waals surface area contributed by atoms with Crippen LogP contribution in [0.5, 0.6) is 0 Å². The molecule has 0 fully saturated rings. The van der Waals surface area contributed by atoms with E-state index in [1.54, 1.807) is 0 Å². The topological polar surface area (TPSA) is 72.8 Å². The molecule has 4 rings (SSSR count). The highest BCUT2D eigenvalue weighted by molar-refractivity contribution is 5.95. The first kappa shape index (κ1) is 17.4. The van der Waals surface area contributed by atoms with Crippen LogP contribution in [0.15, 0.2) is 46.4 Å². The van der Waals surface area contributed by atoms with Gasteiger partial charge >= 0.3 is 0 Å². The molecule has 4 N–H and O–H groups in total. The average molecular weight is 362 g/mol. The second-order valence-corrected chi connectivity index (χ2v) is 7.02. The lowest BCUT2D eigenvalue weighted by atomic mass is 9.96. The Bertz CT molecular complexity index is 900. The summed E-state index contributed by atoms with van der Waals surface area (Å²) in [5.41, 5.74) is 7.38. The van der Waals surface area contributed by atoms with Gasteiger partial charge in [-0.05, 0) is 66.8 Å². The lowest BCUT2D eigenvalue weighted by Crippen LogP contribution is -2.26. The van der Waals surface area contributed by atoms with Gasteiger partial charge in [-0.3, -0.25) is 9.98 Å². The Balaban J connectivity index is 1.49. The van der Waals surface area contributed by atoms with E-state index in [1.165, 1.54) is 22.3 Å². The maximum Gasteiger partial charge on any atom is 0.195 e. The molecule has 2 aromatic carbocycles. The van der Waals surface area contributed by atoms with Crippen LogP contribution >= 0.6 is 0 Å². The summed E-state index contributed by atoms with van der Waals surface area (Å²) < 4.78 is 0. The lowest BCUT2D eigenvalue weighted by Gasteiger charge is -2.14. The normalized spacial score (nSPS) is 15.6. The molecule has 0 saturated carbocycles. The van der Waals surface area contributed by atoms with Gasteiger partial charge in [-0.2, -0.15) is 0 Å². The molecule has 27 heavy (non-hydrogen) atoms. The summed E-state index contributed by atoms with van der Waals surface area (Å²) in [5, 5.41) is 13.2. The van der Waals surface area contributed by atoms with Crippen LogP contribution in [0.25, 0.3) is 0 Å². The average Bonchev–Trinajstić information content (AvgIpc) is 3.34. The van der Waals surface area contributed by atoms with Crippen LogP contribution < -0.4 is 21.3 Å². The molecule has 2 heterocycles. The molecule has 140 valence electrons. The summed E-state index contributed by atoms with van der Waals surface area (Å²) in [6.45, 7) is 7.82. The number of nitrogens with zero attached hydrogens (tertiary/aromatic N) is 2. The van der Waals surface area contributed by atoms with Crippen molar-refractivity contribution in [3.63, 3.8) is 0 Å². The van der Waals surface area contributed by atoms with Crippen molar-refractivity contribution in [1.82, 2.24) is 10.6 Å². The smallest absolute Gasteiger partial charge is 0.195 e. The SMILES string of the molecule is Cc1cc(NC2=NCCN2)ccc1Cc1cc(NC2=NCCN2)ccc1C. The van der Waals surface area contributed by atoms with Gasteiger partial charge in [0.15, 0.2) is 11.9 Å². The molecule has 2 aliphatic rings. The van der Waals surface area contributed by atoms with Crippen molar-refractivity contribution in [3.8, 4) is 0 Å². The largest absolute Gasteiger partial charge is 0.354 e. The molecule has 6 nitrogen and oxygen atoms in total. The molecule has 6 heteroatoms. The van der Waals surface area contributed by atoms with Crippen molar-refractivity contribution >= 4 is 23.3 Å². The third-order valence-corrected chi connectivity index (χ3v) is 4.95. The van der Waals surface area contributed by atoms with Crippen molar-refractivity contribution in [2.45, 2.75) is 20.3 Å². The number of hydrogen-bond donors (Lipinski definition) is 4. The summed E-state index contributed by atoms with van der Waals surface area (Å²) >= 11 is 0. The molecule has 2 aliphatic heterocycles. The molecular formula is C21H26N6. The summed E-state index contributed by atoms with van der Waals surface area (Å²) in [6, 6.07) is 13.0. The predicted molar refractivity (Wildman–Crippen MR) is 113 cm³/mol. The van der Waals surface area contributed by atoms with Crippen LogP contribution in [-0.4, -0.2) is 38.1 Å². The molecule has 0 bridgehead atoms. The molecule has 2 aromatic rings. The van der Waals surface area contributed by atoms with E-state index in [1.807, 2.05) is 0 Å². The Morgan fingerprint density at radius 2 is 1.41 bits per heavy atom. The number of anilines is 2. The van der Waals surface area contributed by atoms with Crippen molar-refractivity contribution < 1.29 is 0 Å². The molecule has 0 atom stereocenters. The number of rotatable bonds is 4. The summed E-state index contributed by atoms with van der Waals surface area (Å²) in [4.78, 5) is 8.79. The molecule has 0 aliphatic carbocycles. The maximum atomic E-state index is 4.41. The Kier molecular flexibility index (Phi) is 4.96. The number of guanidine groups is 2. The van der Waals surface area contributed by atoms with Crippen LogP contribution in [0, 0.1) is 13.8 Å². The molecule has 0 radical (unpaired) electrons. The number of nitrogens with one attached hydrogen (secondary N) is 4. The van der Waals surface area contributed by atoms with Crippen molar-refractivity contribution in [3.05, 3.63) is 58.7 Å².